The molecule has 1 amide bonds. The van der Waals surface area contributed by atoms with Crippen LogP contribution in [0.1, 0.15) is 27.0 Å². The quantitative estimate of drug-likeness (QED) is 0.298. The van der Waals surface area contributed by atoms with E-state index < -0.39 is 23.6 Å². The van der Waals surface area contributed by atoms with Crippen molar-refractivity contribution in [2.75, 3.05) is 5.32 Å². The molecule has 0 spiro atoms. The van der Waals surface area contributed by atoms with Crippen molar-refractivity contribution in [3.05, 3.63) is 99.6 Å². The summed E-state index contributed by atoms with van der Waals surface area (Å²) in [7, 11) is 0. The van der Waals surface area contributed by atoms with Gasteiger partial charge in [-0.3, -0.25) is 4.79 Å². The zero-order valence-corrected chi connectivity index (χ0v) is 18.5. The van der Waals surface area contributed by atoms with Crippen molar-refractivity contribution in [2.24, 2.45) is 0 Å². The molecular weight excluding hydrogens is 485 g/mol. The fraction of sp³-hybridized carbons (Fsp3) is 0.0800. The Morgan fingerprint density at radius 3 is 2.40 bits per heavy atom. The van der Waals surface area contributed by atoms with Gasteiger partial charge < -0.3 is 15.2 Å². The number of amides is 1. The minimum Gasteiger partial charge on any atom is -0.487 e. The second-order valence-electron chi connectivity index (χ2n) is 7.18. The van der Waals surface area contributed by atoms with Gasteiger partial charge in [0.1, 0.15) is 24.0 Å². The number of aromatic carboxylic acids is 1. The van der Waals surface area contributed by atoms with Crippen molar-refractivity contribution in [3.8, 4) is 11.8 Å². The number of hydrogen-bond donors (Lipinski definition) is 2. The Hall–Kier alpha value is -4.29. The van der Waals surface area contributed by atoms with Crippen molar-refractivity contribution in [1.82, 2.24) is 0 Å². The summed E-state index contributed by atoms with van der Waals surface area (Å²) >= 11 is 6.24. The Labute approximate surface area is 202 Å². The summed E-state index contributed by atoms with van der Waals surface area (Å²) in [5.74, 6) is -1.60. The molecule has 10 heteroatoms. The van der Waals surface area contributed by atoms with Crippen LogP contribution in [0.5, 0.6) is 5.75 Å². The third-order valence-electron chi connectivity index (χ3n) is 4.68. The maximum atomic E-state index is 12.9. The van der Waals surface area contributed by atoms with E-state index in [1.807, 2.05) is 0 Å². The minimum atomic E-state index is -4.57. The number of anilines is 1. The molecule has 0 atom stereocenters. The summed E-state index contributed by atoms with van der Waals surface area (Å²) in [4.78, 5) is 23.3. The monoisotopic (exact) mass is 500 g/mol. The fourth-order valence-electron chi connectivity index (χ4n) is 2.92. The summed E-state index contributed by atoms with van der Waals surface area (Å²) in [6.07, 6.45) is -3.33. The number of alkyl halides is 3. The predicted molar refractivity (Wildman–Crippen MR) is 123 cm³/mol. The third-order valence-corrected chi connectivity index (χ3v) is 4.97. The van der Waals surface area contributed by atoms with Gasteiger partial charge in [-0.2, -0.15) is 18.4 Å². The first kappa shape index (κ1) is 25.3. The predicted octanol–water partition coefficient (Wildman–Crippen LogP) is 6.18. The van der Waals surface area contributed by atoms with Gasteiger partial charge in [0.05, 0.1) is 16.1 Å². The van der Waals surface area contributed by atoms with Gasteiger partial charge in [-0.15, -0.1) is 0 Å². The number of carboxylic acid groups (broad SMARTS) is 1. The molecule has 3 rings (SSSR count). The normalized spacial score (nSPS) is 11.5. The van der Waals surface area contributed by atoms with Crippen molar-refractivity contribution < 1.29 is 32.6 Å². The number of nitriles is 1. The molecular formula is C25H16ClF3N2O4. The van der Waals surface area contributed by atoms with Crippen LogP contribution >= 0.6 is 11.6 Å². The Morgan fingerprint density at radius 2 is 1.80 bits per heavy atom. The number of carbonyl (C=O) groups excluding carboxylic acids is 1. The number of hydrogen-bond acceptors (Lipinski definition) is 4. The lowest BCUT2D eigenvalue weighted by Crippen LogP contribution is -2.14. The molecule has 2 N–H and O–H groups in total. The molecule has 6 nitrogen and oxygen atoms in total. The van der Waals surface area contributed by atoms with E-state index >= 15 is 0 Å². The molecule has 0 fully saturated rings. The average Bonchev–Trinajstić information content (AvgIpc) is 2.81. The molecule has 0 unspecified atom stereocenters. The van der Waals surface area contributed by atoms with E-state index in [1.54, 1.807) is 24.3 Å². The van der Waals surface area contributed by atoms with E-state index in [0.29, 0.717) is 16.9 Å². The molecule has 0 radical (unpaired) electrons. The number of benzene rings is 3. The van der Waals surface area contributed by atoms with Gasteiger partial charge in [-0.1, -0.05) is 35.9 Å². The van der Waals surface area contributed by atoms with E-state index in [2.05, 4.69) is 5.32 Å². The molecule has 35 heavy (non-hydrogen) atoms. The van der Waals surface area contributed by atoms with Crippen LogP contribution in [-0.4, -0.2) is 17.0 Å². The van der Waals surface area contributed by atoms with Crippen LogP contribution in [0, 0.1) is 11.3 Å². The van der Waals surface area contributed by atoms with Crippen molar-refractivity contribution in [2.45, 2.75) is 12.8 Å². The van der Waals surface area contributed by atoms with Crippen LogP contribution < -0.4 is 10.1 Å². The highest BCUT2D eigenvalue weighted by Gasteiger charge is 2.30. The van der Waals surface area contributed by atoms with Crippen LogP contribution in [0.3, 0.4) is 0 Å². The Balaban J connectivity index is 1.69. The van der Waals surface area contributed by atoms with Crippen molar-refractivity contribution in [3.63, 3.8) is 0 Å². The summed E-state index contributed by atoms with van der Waals surface area (Å²) in [6, 6.07) is 16.4. The number of ether oxygens (including phenoxy) is 1. The van der Waals surface area contributed by atoms with Gasteiger partial charge in [0.25, 0.3) is 5.91 Å². The fourth-order valence-corrected chi connectivity index (χ4v) is 3.16. The van der Waals surface area contributed by atoms with E-state index in [4.69, 9.17) is 21.4 Å². The zero-order chi connectivity index (χ0) is 25.6. The molecule has 3 aromatic rings. The molecule has 0 aliphatic rings. The number of carboxylic acids is 1. The third kappa shape index (κ3) is 6.85. The van der Waals surface area contributed by atoms with E-state index in [1.165, 1.54) is 36.4 Å². The molecule has 0 aromatic heterocycles. The SMILES string of the molecule is N#C/C(=C\c1ccc(OCc2ccc(C(=O)O)cc2)c(Cl)c1)C(=O)Nc1cccc(C(F)(F)F)c1. The Kier molecular flexibility index (Phi) is 7.79. The van der Waals surface area contributed by atoms with E-state index in [-0.39, 0.29) is 28.5 Å². The zero-order valence-electron chi connectivity index (χ0n) is 17.8. The standard InChI is InChI=1S/C25H16ClF3N2O4/c26-21-11-16(6-9-22(21)35-14-15-4-7-17(8-5-15)24(33)34)10-18(13-30)23(32)31-20-3-1-2-19(12-20)25(27,28)29/h1-12H,14H2,(H,31,32)(H,33,34)/b18-10+. The van der Waals surface area contributed by atoms with E-state index in [0.717, 1.165) is 18.2 Å². The maximum absolute atomic E-state index is 12.9. The topological polar surface area (TPSA) is 99.4 Å². The maximum Gasteiger partial charge on any atom is 0.416 e. The lowest BCUT2D eigenvalue weighted by molar-refractivity contribution is -0.137. The highest BCUT2D eigenvalue weighted by Crippen LogP contribution is 2.31. The summed E-state index contributed by atoms with van der Waals surface area (Å²) in [5, 5.41) is 20.8. The van der Waals surface area contributed by atoms with Gasteiger partial charge in [0.15, 0.2) is 0 Å². The van der Waals surface area contributed by atoms with Crippen LogP contribution in [0.15, 0.2) is 72.3 Å². The number of carbonyl (C=O) groups is 2. The van der Waals surface area contributed by atoms with Crippen LogP contribution in [0.2, 0.25) is 5.02 Å². The van der Waals surface area contributed by atoms with Crippen LogP contribution in [-0.2, 0) is 17.6 Å². The van der Waals surface area contributed by atoms with Gasteiger partial charge in [-0.25, -0.2) is 4.79 Å². The first-order valence-electron chi connectivity index (χ1n) is 9.92. The highest BCUT2D eigenvalue weighted by molar-refractivity contribution is 6.32. The largest absolute Gasteiger partial charge is 0.487 e. The summed E-state index contributed by atoms with van der Waals surface area (Å²) in [6.45, 7) is 0.123. The number of halogens is 4. The smallest absolute Gasteiger partial charge is 0.416 e. The van der Waals surface area contributed by atoms with Gasteiger partial charge in [0.2, 0.25) is 0 Å². The second-order valence-corrected chi connectivity index (χ2v) is 7.59. The molecule has 0 aliphatic heterocycles. The van der Waals surface area contributed by atoms with Gasteiger partial charge in [0, 0.05) is 5.69 Å². The molecule has 0 heterocycles. The Morgan fingerprint density at radius 1 is 1.09 bits per heavy atom. The van der Waals surface area contributed by atoms with Crippen LogP contribution in [0.4, 0.5) is 18.9 Å². The highest BCUT2D eigenvalue weighted by atomic mass is 35.5. The van der Waals surface area contributed by atoms with Crippen molar-refractivity contribution in [1.29, 1.82) is 5.26 Å². The molecule has 0 saturated carbocycles. The van der Waals surface area contributed by atoms with Gasteiger partial charge >= 0.3 is 12.1 Å². The molecule has 178 valence electrons. The summed E-state index contributed by atoms with van der Waals surface area (Å²) < 4.78 is 44.2. The first-order chi connectivity index (χ1) is 16.6. The lowest BCUT2D eigenvalue weighted by Gasteiger charge is -2.10. The number of nitrogens with one attached hydrogen (secondary N) is 1. The summed E-state index contributed by atoms with van der Waals surface area (Å²) in [5.41, 5.74) is -0.127. The lowest BCUT2D eigenvalue weighted by atomic mass is 10.1. The number of rotatable bonds is 7. The Bertz CT molecular complexity index is 1330. The minimum absolute atomic E-state index is 0.107. The van der Waals surface area contributed by atoms with Crippen LogP contribution in [0.25, 0.3) is 6.08 Å². The molecule has 3 aromatic carbocycles. The molecule has 0 saturated heterocycles. The average molecular weight is 501 g/mol. The van der Waals surface area contributed by atoms with Gasteiger partial charge in [-0.05, 0) is 59.7 Å². The second kappa shape index (κ2) is 10.8. The molecule has 0 bridgehead atoms. The first-order valence-corrected chi connectivity index (χ1v) is 10.3. The number of nitrogens with zero attached hydrogens (tertiary/aromatic N) is 1. The molecule has 0 aliphatic carbocycles. The van der Waals surface area contributed by atoms with E-state index in [9.17, 15) is 28.0 Å². The van der Waals surface area contributed by atoms with Crippen molar-refractivity contribution >= 4 is 35.2 Å².